The van der Waals surface area contributed by atoms with Crippen molar-refractivity contribution >= 4 is 11.9 Å². The Labute approximate surface area is 112 Å². The van der Waals surface area contributed by atoms with E-state index in [0.717, 1.165) is 7.11 Å². The first kappa shape index (κ1) is 36.1. The summed E-state index contributed by atoms with van der Waals surface area (Å²) in [5.74, 6) is -3.15. The van der Waals surface area contributed by atoms with Gasteiger partial charge in [-0.1, -0.05) is 0 Å². The average Bonchev–Trinajstić information content (AvgIpc) is 2.00. The summed E-state index contributed by atoms with van der Waals surface area (Å²) in [5.41, 5.74) is 0. The van der Waals surface area contributed by atoms with E-state index >= 15 is 0 Å². The molecular formula is C5H15NaO10. The number of hydrogen-bond acceptors (Lipinski definition) is 6. The van der Waals surface area contributed by atoms with E-state index in [4.69, 9.17) is 10.2 Å². The van der Waals surface area contributed by atoms with Crippen LogP contribution in [-0.4, -0.2) is 63.4 Å². The Balaban J connectivity index is -0.0000000500. The first-order valence-corrected chi connectivity index (χ1v) is 2.65. The topological polar surface area (TPSA) is 233 Å². The number of carbonyl (C=O) groups is 2. The number of esters is 1. The fourth-order valence-corrected chi connectivity index (χ4v) is 0.379. The first-order chi connectivity index (χ1) is 5.00. The van der Waals surface area contributed by atoms with Gasteiger partial charge in [0.1, 0.15) is 6.10 Å². The molecule has 96 valence electrons. The number of aliphatic hydroxyl groups excluding tert-OH is 2. The number of carboxylic acid groups (broad SMARTS) is 1. The van der Waals surface area contributed by atoms with Crippen molar-refractivity contribution < 1.29 is 81.1 Å². The molecule has 0 aliphatic carbocycles. The first-order valence-electron chi connectivity index (χ1n) is 2.65. The van der Waals surface area contributed by atoms with Crippen LogP contribution in [0.1, 0.15) is 0 Å². The number of aliphatic hydroxyl groups is 2. The second-order valence-corrected chi connectivity index (χ2v) is 1.73. The van der Waals surface area contributed by atoms with Crippen LogP contribution < -0.4 is 34.7 Å². The monoisotopic (exact) mass is 258 g/mol. The van der Waals surface area contributed by atoms with Gasteiger partial charge < -0.3 is 46.8 Å². The SMILES string of the molecule is COC(=O)C(O)C(O)C(=O)[O-].O.O.O.O.[Na+]. The minimum Gasteiger partial charge on any atom is -0.547 e. The Morgan fingerprint density at radius 2 is 1.38 bits per heavy atom. The number of methoxy groups -OCH3 is 1. The summed E-state index contributed by atoms with van der Waals surface area (Å²) in [5, 5.41) is 26.9. The summed E-state index contributed by atoms with van der Waals surface area (Å²) in [4.78, 5) is 20.2. The Morgan fingerprint density at radius 3 is 1.56 bits per heavy atom. The maximum absolute atomic E-state index is 10.3. The van der Waals surface area contributed by atoms with Crippen LogP contribution in [-0.2, 0) is 14.3 Å². The summed E-state index contributed by atoms with van der Waals surface area (Å²) in [6, 6.07) is 0. The van der Waals surface area contributed by atoms with E-state index in [1.807, 2.05) is 0 Å². The van der Waals surface area contributed by atoms with Crippen molar-refractivity contribution in [1.29, 1.82) is 0 Å². The molecule has 11 heteroatoms. The quantitative estimate of drug-likeness (QED) is 0.367. The fourth-order valence-electron chi connectivity index (χ4n) is 0.379. The van der Waals surface area contributed by atoms with Crippen molar-refractivity contribution in [3.63, 3.8) is 0 Å². The molecule has 0 rings (SSSR count). The Hall–Kier alpha value is -0.300. The van der Waals surface area contributed by atoms with Gasteiger partial charge >= 0.3 is 35.5 Å². The van der Waals surface area contributed by atoms with E-state index in [1.54, 1.807) is 0 Å². The molecule has 2 atom stereocenters. The molecule has 10 nitrogen and oxygen atoms in total. The molecule has 0 aromatic heterocycles. The van der Waals surface area contributed by atoms with Crippen LogP contribution in [0.15, 0.2) is 0 Å². The normalized spacial score (nSPS) is 10.4. The van der Waals surface area contributed by atoms with Gasteiger partial charge in [0.15, 0.2) is 6.10 Å². The van der Waals surface area contributed by atoms with Crippen LogP contribution in [0.3, 0.4) is 0 Å². The molecule has 0 saturated heterocycles. The van der Waals surface area contributed by atoms with E-state index in [9.17, 15) is 14.7 Å². The van der Waals surface area contributed by atoms with E-state index in [0.29, 0.717) is 0 Å². The minimum atomic E-state index is -2.25. The molecule has 0 aliphatic rings. The van der Waals surface area contributed by atoms with Gasteiger partial charge in [-0.2, -0.15) is 0 Å². The number of aliphatic carboxylic acids is 1. The van der Waals surface area contributed by atoms with Gasteiger partial charge in [0.2, 0.25) is 0 Å². The summed E-state index contributed by atoms with van der Waals surface area (Å²) in [6.07, 6.45) is -4.34. The van der Waals surface area contributed by atoms with Gasteiger partial charge in [-0.05, 0) is 0 Å². The minimum absolute atomic E-state index is 0. The molecule has 0 fully saturated rings. The van der Waals surface area contributed by atoms with Gasteiger partial charge in [0, 0.05) is 0 Å². The standard InChI is InChI=1S/C5H8O6.Na.4H2O/c1-11-5(10)3(7)2(6)4(8)9;;;;;/h2-3,6-7H,1H3,(H,8,9);;4*1H2/q;+1;;;;/p-1. The third kappa shape index (κ3) is 11.8. The molecule has 16 heavy (non-hydrogen) atoms. The van der Waals surface area contributed by atoms with Crippen molar-refractivity contribution in [3.05, 3.63) is 0 Å². The molecule has 10 N–H and O–H groups in total. The van der Waals surface area contributed by atoms with E-state index < -0.39 is 24.1 Å². The van der Waals surface area contributed by atoms with Crippen molar-refractivity contribution in [2.24, 2.45) is 0 Å². The Morgan fingerprint density at radius 1 is 1.06 bits per heavy atom. The molecule has 0 aliphatic heterocycles. The molecule has 0 spiro atoms. The van der Waals surface area contributed by atoms with Gasteiger partial charge in [0.25, 0.3) is 0 Å². The smallest absolute Gasteiger partial charge is 0.547 e. The van der Waals surface area contributed by atoms with Gasteiger partial charge in [0.05, 0.1) is 13.1 Å². The van der Waals surface area contributed by atoms with E-state index in [2.05, 4.69) is 4.74 Å². The number of hydrogen-bond donors (Lipinski definition) is 2. The maximum Gasteiger partial charge on any atom is 1.00 e. The number of ether oxygens (including phenoxy) is 1. The van der Waals surface area contributed by atoms with Crippen LogP contribution in [0, 0.1) is 0 Å². The van der Waals surface area contributed by atoms with Gasteiger partial charge in [-0.3, -0.25) is 0 Å². The summed E-state index contributed by atoms with van der Waals surface area (Å²) in [7, 11) is 0.952. The summed E-state index contributed by atoms with van der Waals surface area (Å²) in [6.45, 7) is 0. The zero-order chi connectivity index (χ0) is 9.02. The predicted molar refractivity (Wildman–Crippen MR) is 43.5 cm³/mol. The van der Waals surface area contributed by atoms with Crippen LogP contribution in [0.2, 0.25) is 0 Å². The number of rotatable bonds is 3. The largest absolute Gasteiger partial charge is 1.00 e. The van der Waals surface area contributed by atoms with Crippen molar-refractivity contribution in [3.8, 4) is 0 Å². The number of carbonyl (C=O) groups excluding carboxylic acids is 2. The van der Waals surface area contributed by atoms with Gasteiger partial charge in [-0.25, -0.2) is 4.79 Å². The zero-order valence-electron chi connectivity index (χ0n) is 8.68. The van der Waals surface area contributed by atoms with E-state index in [1.165, 1.54) is 0 Å². The van der Waals surface area contributed by atoms with Gasteiger partial charge in [-0.15, -0.1) is 0 Å². The summed E-state index contributed by atoms with van der Waals surface area (Å²) >= 11 is 0. The molecule has 0 aromatic rings. The molecule has 0 aromatic carbocycles. The third-order valence-corrected chi connectivity index (χ3v) is 0.983. The van der Waals surface area contributed by atoms with Crippen LogP contribution in [0.25, 0.3) is 0 Å². The zero-order valence-corrected chi connectivity index (χ0v) is 10.7. The second kappa shape index (κ2) is 17.1. The van der Waals surface area contributed by atoms with Crippen molar-refractivity contribution in [2.45, 2.75) is 12.2 Å². The Bertz CT molecular complexity index is 173. The van der Waals surface area contributed by atoms with Crippen LogP contribution in [0.4, 0.5) is 0 Å². The predicted octanol–water partition coefficient (Wildman–Crippen LogP) is -9.66. The van der Waals surface area contributed by atoms with E-state index in [-0.39, 0.29) is 51.5 Å². The fraction of sp³-hybridized carbons (Fsp3) is 0.600. The van der Waals surface area contributed by atoms with Crippen LogP contribution in [0.5, 0.6) is 0 Å². The average molecular weight is 258 g/mol. The van der Waals surface area contributed by atoms with Crippen LogP contribution >= 0.6 is 0 Å². The molecule has 0 heterocycles. The third-order valence-electron chi connectivity index (χ3n) is 0.983. The molecule has 0 amide bonds. The van der Waals surface area contributed by atoms with Crippen molar-refractivity contribution in [1.82, 2.24) is 0 Å². The number of carboxylic acids is 1. The molecule has 2 unspecified atom stereocenters. The molecule has 0 saturated carbocycles. The maximum atomic E-state index is 10.3. The Kier molecular flexibility index (Phi) is 38.5. The second-order valence-electron chi connectivity index (χ2n) is 1.73. The molecular weight excluding hydrogens is 243 g/mol. The molecule has 0 radical (unpaired) electrons. The summed E-state index contributed by atoms with van der Waals surface area (Å²) < 4.78 is 3.94. The molecule has 0 bridgehead atoms. The van der Waals surface area contributed by atoms with Crippen molar-refractivity contribution in [2.75, 3.05) is 7.11 Å².